The number of hydrogen-bond acceptors (Lipinski definition) is 4. The van der Waals surface area contributed by atoms with Gasteiger partial charge in [-0.05, 0) is 32.4 Å². The van der Waals surface area contributed by atoms with Gasteiger partial charge in [0.25, 0.3) is 5.91 Å². The molecule has 1 amide bonds. The van der Waals surface area contributed by atoms with E-state index in [1.807, 2.05) is 26.0 Å². The normalized spacial score (nSPS) is 13.1. The van der Waals surface area contributed by atoms with Gasteiger partial charge in [0.15, 0.2) is 6.61 Å². The Balaban J connectivity index is 2.58. The van der Waals surface area contributed by atoms with Crippen molar-refractivity contribution in [3.63, 3.8) is 0 Å². The molecule has 0 saturated heterocycles. The summed E-state index contributed by atoms with van der Waals surface area (Å²) in [4.78, 5) is 23.7. The summed E-state index contributed by atoms with van der Waals surface area (Å²) in [5.74, 6) is -0.184. The maximum Gasteiger partial charge on any atom is 0.331 e. The second-order valence-electron chi connectivity index (χ2n) is 5.22. The number of amides is 1. The van der Waals surface area contributed by atoms with Gasteiger partial charge in [0.2, 0.25) is 0 Å². The van der Waals surface area contributed by atoms with Crippen LogP contribution in [0.1, 0.15) is 32.3 Å². The maximum atomic E-state index is 12.0. The highest BCUT2D eigenvalue weighted by Gasteiger charge is 2.35. The highest BCUT2D eigenvalue weighted by atomic mass is 16.5. The topological polar surface area (TPSA) is 64.6 Å². The largest absolute Gasteiger partial charge is 0.484 e. The molecule has 1 N–H and O–H groups in total. The molecule has 116 valence electrons. The fraction of sp³-hybridized carbons (Fsp3) is 0.500. The molecular formula is C16H23NO4. The van der Waals surface area contributed by atoms with Gasteiger partial charge < -0.3 is 14.8 Å². The Morgan fingerprint density at radius 2 is 1.86 bits per heavy atom. The first kappa shape index (κ1) is 17.0. The molecule has 0 aliphatic carbocycles. The maximum absolute atomic E-state index is 12.0. The minimum atomic E-state index is -1.02. The molecule has 0 spiro atoms. The zero-order chi connectivity index (χ0) is 15.9. The summed E-state index contributed by atoms with van der Waals surface area (Å²) in [7, 11) is 1.31. The summed E-state index contributed by atoms with van der Waals surface area (Å²) in [6.45, 7) is 5.44. The van der Waals surface area contributed by atoms with Crippen molar-refractivity contribution in [2.24, 2.45) is 0 Å². The van der Waals surface area contributed by atoms with E-state index < -0.39 is 11.5 Å². The Bertz CT molecular complexity index is 484. The summed E-state index contributed by atoms with van der Waals surface area (Å²) >= 11 is 0. The smallest absolute Gasteiger partial charge is 0.331 e. The van der Waals surface area contributed by atoms with E-state index in [-0.39, 0.29) is 12.5 Å². The molecule has 0 aliphatic rings. The van der Waals surface area contributed by atoms with Gasteiger partial charge in [-0.15, -0.1) is 0 Å². The van der Waals surface area contributed by atoms with Gasteiger partial charge in [-0.1, -0.05) is 31.0 Å². The molecular weight excluding hydrogens is 270 g/mol. The van der Waals surface area contributed by atoms with Crippen molar-refractivity contribution in [1.82, 2.24) is 5.32 Å². The van der Waals surface area contributed by atoms with E-state index in [1.165, 1.54) is 7.11 Å². The second kappa shape index (κ2) is 7.67. The van der Waals surface area contributed by atoms with Gasteiger partial charge in [-0.2, -0.15) is 0 Å². The lowest BCUT2D eigenvalue weighted by Gasteiger charge is -2.27. The summed E-state index contributed by atoms with van der Waals surface area (Å²) in [5.41, 5.74) is 0.102. The van der Waals surface area contributed by atoms with Crippen LogP contribution in [-0.2, 0) is 14.3 Å². The molecule has 1 rings (SSSR count). The summed E-state index contributed by atoms with van der Waals surface area (Å²) in [6, 6.07) is 7.41. The molecule has 0 radical (unpaired) electrons. The van der Waals surface area contributed by atoms with Crippen LogP contribution in [-0.4, -0.2) is 31.1 Å². The fourth-order valence-corrected chi connectivity index (χ4v) is 2.07. The number of hydrogen-bond donors (Lipinski definition) is 1. The van der Waals surface area contributed by atoms with E-state index >= 15 is 0 Å². The van der Waals surface area contributed by atoms with E-state index in [2.05, 4.69) is 5.32 Å². The molecule has 0 heterocycles. The highest BCUT2D eigenvalue weighted by Crippen LogP contribution is 2.15. The van der Waals surface area contributed by atoms with E-state index in [1.54, 1.807) is 19.1 Å². The van der Waals surface area contributed by atoms with E-state index in [9.17, 15) is 9.59 Å². The highest BCUT2D eigenvalue weighted by molar-refractivity contribution is 5.88. The molecule has 5 nitrogen and oxygen atoms in total. The Morgan fingerprint density at radius 3 is 2.38 bits per heavy atom. The zero-order valence-corrected chi connectivity index (χ0v) is 13.1. The van der Waals surface area contributed by atoms with Gasteiger partial charge >= 0.3 is 5.97 Å². The predicted octanol–water partition coefficient (Wildman–Crippen LogP) is 2.22. The molecule has 1 aromatic carbocycles. The fourth-order valence-electron chi connectivity index (χ4n) is 2.07. The standard InChI is InChI=1S/C16H23NO4/c1-5-10-16(3,15(19)20-4)17-14(18)11-21-13-8-6-12(2)7-9-13/h6-9H,5,10-11H2,1-4H3,(H,17,18). The lowest BCUT2D eigenvalue weighted by atomic mass is 9.96. The van der Waals surface area contributed by atoms with Crippen molar-refractivity contribution in [2.75, 3.05) is 13.7 Å². The van der Waals surface area contributed by atoms with Crippen LogP contribution in [0.15, 0.2) is 24.3 Å². The Labute approximate surface area is 125 Å². The van der Waals surface area contributed by atoms with Gasteiger partial charge in [0.1, 0.15) is 11.3 Å². The average Bonchev–Trinajstić information content (AvgIpc) is 2.46. The molecule has 0 aliphatic heterocycles. The van der Waals surface area contributed by atoms with E-state index in [4.69, 9.17) is 9.47 Å². The summed E-state index contributed by atoms with van der Waals surface area (Å²) < 4.78 is 10.1. The van der Waals surface area contributed by atoms with Crippen LogP contribution in [0, 0.1) is 6.92 Å². The van der Waals surface area contributed by atoms with Gasteiger partial charge in [-0.3, -0.25) is 4.79 Å². The third-order valence-electron chi connectivity index (χ3n) is 3.19. The van der Waals surface area contributed by atoms with Crippen LogP contribution in [0.25, 0.3) is 0 Å². The Kier molecular flexibility index (Phi) is 6.21. The van der Waals surface area contributed by atoms with Crippen molar-refractivity contribution in [3.8, 4) is 5.75 Å². The number of esters is 1. The number of carbonyl (C=O) groups excluding carboxylic acids is 2. The van der Waals surface area contributed by atoms with Crippen molar-refractivity contribution in [2.45, 2.75) is 39.2 Å². The van der Waals surface area contributed by atoms with Gasteiger partial charge in [0.05, 0.1) is 7.11 Å². The SMILES string of the molecule is CCCC(C)(NC(=O)COc1ccc(C)cc1)C(=O)OC. The number of nitrogens with one attached hydrogen (secondary N) is 1. The van der Waals surface area contributed by atoms with Crippen LogP contribution >= 0.6 is 0 Å². The molecule has 21 heavy (non-hydrogen) atoms. The first-order valence-electron chi connectivity index (χ1n) is 7.00. The molecule has 0 saturated carbocycles. The van der Waals surface area contributed by atoms with Crippen LogP contribution in [0.4, 0.5) is 0 Å². The third kappa shape index (κ3) is 5.10. The molecule has 1 aromatic rings. The third-order valence-corrected chi connectivity index (χ3v) is 3.19. The molecule has 1 unspecified atom stereocenters. The van der Waals surface area contributed by atoms with Crippen LogP contribution < -0.4 is 10.1 Å². The molecule has 0 fully saturated rings. The Hall–Kier alpha value is -2.04. The molecule has 0 bridgehead atoms. The van der Waals surface area contributed by atoms with Crippen LogP contribution in [0.5, 0.6) is 5.75 Å². The van der Waals surface area contributed by atoms with Crippen molar-refractivity contribution < 1.29 is 19.1 Å². The number of benzene rings is 1. The van der Waals surface area contributed by atoms with E-state index in [0.717, 1.165) is 12.0 Å². The minimum absolute atomic E-state index is 0.140. The van der Waals surface area contributed by atoms with Crippen molar-refractivity contribution >= 4 is 11.9 Å². The summed E-state index contributed by atoms with van der Waals surface area (Å²) in [5, 5.41) is 2.69. The van der Waals surface area contributed by atoms with Gasteiger partial charge in [0, 0.05) is 0 Å². The van der Waals surface area contributed by atoms with Crippen molar-refractivity contribution in [3.05, 3.63) is 29.8 Å². The lowest BCUT2D eigenvalue weighted by molar-refractivity contribution is -0.150. The number of carbonyl (C=O) groups is 2. The van der Waals surface area contributed by atoms with Gasteiger partial charge in [-0.25, -0.2) is 4.79 Å². The monoisotopic (exact) mass is 293 g/mol. The number of methoxy groups -OCH3 is 1. The van der Waals surface area contributed by atoms with Crippen LogP contribution in [0.2, 0.25) is 0 Å². The quantitative estimate of drug-likeness (QED) is 0.783. The average molecular weight is 293 g/mol. The zero-order valence-electron chi connectivity index (χ0n) is 13.1. The number of ether oxygens (including phenoxy) is 2. The lowest BCUT2D eigenvalue weighted by Crippen LogP contribution is -2.53. The van der Waals surface area contributed by atoms with Crippen LogP contribution in [0.3, 0.4) is 0 Å². The number of rotatable bonds is 7. The first-order chi connectivity index (χ1) is 9.91. The first-order valence-corrected chi connectivity index (χ1v) is 7.00. The molecule has 5 heteroatoms. The van der Waals surface area contributed by atoms with Crippen molar-refractivity contribution in [1.29, 1.82) is 0 Å². The summed E-state index contributed by atoms with van der Waals surface area (Å²) in [6.07, 6.45) is 1.26. The molecule has 0 aromatic heterocycles. The predicted molar refractivity (Wildman–Crippen MR) is 80.1 cm³/mol. The Morgan fingerprint density at radius 1 is 1.24 bits per heavy atom. The van der Waals surface area contributed by atoms with E-state index in [0.29, 0.717) is 12.2 Å². The second-order valence-corrected chi connectivity index (χ2v) is 5.22. The number of aryl methyl sites for hydroxylation is 1. The molecule has 1 atom stereocenters. The minimum Gasteiger partial charge on any atom is -0.484 e.